The number of nitrogens with one attached hydrogen (secondary N) is 2. The summed E-state index contributed by atoms with van der Waals surface area (Å²) in [4.78, 5) is 17.0. The predicted octanol–water partition coefficient (Wildman–Crippen LogP) is 0.595. The molecule has 1 unspecified atom stereocenters. The Labute approximate surface area is 163 Å². The smallest absolute Gasteiger partial charge is 0.405 e. The molecule has 10 nitrogen and oxygen atoms in total. The number of piperidine rings is 1. The van der Waals surface area contributed by atoms with Crippen LogP contribution in [0.5, 0.6) is 0 Å². The molecule has 0 aliphatic carbocycles. The third kappa shape index (κ3) is 6.26. The first kappa shape index (κ1) is 22.3. The molecular weight excluding hydrogens is 393 g/mol. The minimum Gasteiger partial charge on any atom is -0.465 e. The number of halogens is 1. The number of aliphatic hydroxyl groups is 1. The van der Waals surface area contributed by atoms with Crippen LogP contribution in [-0.2, 0) is 10.2 Å². The summed E-state index contributed by atoms with van der Waals surface area (Å²) >= 11 is 0. The molecule has 1 aliphatic rings. The lowest BCUT2D eigenvalue weighted by molar-refractivity contribution is 0.0806. The molecule has 158 valence electrons. The molecule has 0 saturated carbocycles. The van der Waals surface area contributed by atoms with Gasteiger partial charge in [0.1, 0.15) is 0 Å². The van der Waals surface area contributed by atoms with Crippen LogP contribution in [0.1, 0.15) is 30.9 Å². The summed E-state index contributed by atoms with van der Waals surface area (Å²) in [6.45, 7) is 1.98. The highest BCUT2D eigenvalue weighted by Gasteiger charge is 2.22. The highest BCUT2D eigenvalue weighted by molar-refractivity contribution is 7.90. The number of likely N-dealkylation sites (tertiary alicyclic amines) is 1. The van der Waals surface area contributed by atoms with Gasteiger partial charge >= 0.3 is 16.3 Å². The lowest BCUT2D eigenvalue weighted by atomic mass is 10.0. The van der Waals surface area contributed by atoms with Gasteiger partial charge < -0.3 is 20.4 Å². The van der Waals surface area contributed by atoms with Crippen molar-refractivity contribution in [1.82, 2.24) is 19.5 Å². The second-order valence-corrected chi connectivity index (χ2v) is 8.74. The van der Waals surface area contributed by atoms with Gasteiger partial charge in [-0.1, -0.05) is 0 Å². The molecule has 2 rings (SSSR count). The van der Waals surface area contributed by atoms with E-state index in [-0.39, 0.29) is 6.10 Å². The highest BCUT2D eigenvalue weighted by Crippen LogP contribution is 2.22. The van der Waals surface area contributed by atoms with Gasteiger partial charge in [-0.05, 0) is 30.9 Å². The Balaban J connectivity index is 2.10. The third-order valence-corrected chi connectivity index (χ3v) is 5.97. The van der Waals surface area contributed by atoms with E-state index in [0.29, 0.717) is 44.5 Å². The molecular formula is C16H26FN5O5S. The first-order valence-corrected chi connectivity index (χ1v) is 10.3. The van der Waals surface area contributed by atoms with E-state index in [1.54, 1.807) is 0 Å². The lowest BCUT2D eigenvalue weighted by Crippen LogP contribution is -2.38. The molecule has 1 aromatic rings. The average molecular weight is 419 g/mol. The SMILES string of the molecule is CN(C)S(=O)(=O)Nc1ncc(C(CCN2CCC(O)CC2)NC(=O)O)cc1F. The van der Waals surface area contributed by atoms with Crippen molar-refractivity contribution in [3.8, 4) is 0 Å². The van der Waals surface area contributed by atoms with Crippen LogP contribution in [0, 0.1) is 5.82 Å². The molecule has 1 saturated heterocycles. The Kier molecular flexibility index (Phi) is 7.52. The molecule has 0 aromatic carbocycles. The number of rotatable bonds is 8. The molecule has 1 amide bonds. The number of hydrogen-bond donors (Lipinski definition) is 4. The zero-order chi connectivity index (χ0) is 20.9. The van der Waals surface area contributed by atoms with E-state index in [0.717, 1.165) is 10.4 Å². The van der Waals surface area contributed by atoms with Gasteiger partial charge in [-0.15, -0.1) is 0 Å². The van der Waals surface area contributed by atoms with Gasteiger partial charge in [-0.3, -0.25) is 4.72 Å². The fourth-order valence-electron chi connectivity index (χ4n) is 2.86. The maximum atomic E-state index is 14.4. The third-order valence-electron chi connectivity index (χ3n) is 4.56. The van der Waals surface area contributed by atoms with Gasteiger partial charge in [0, 0.05) is 39.9 Å². The number of aromatic nitrogens is 1. The largest absolute Gasteiger partial charge is 0.465 e. The van der Waals surface area contributed by atoms with Crippen LogP contribution in [-0.4, -0.2) is 78.7 Å². The zero-order valence-corrected chi connectivity index (χ0v) is 16.6. The van der Waals surface area contributed by atoms with Crippen molar-refractivity contribution in [2.75, 3.05) is 38.5 Å². The molecule has 12 heteroatoms. The van der Waals surface area contributed by atoms with Crippen molar-refractivity contribution < 1.29 is 27.8 Å². The van der Waals surface area contributed by atoms with Crippen molar-refractivity contribution in [2.45, 2.75) is 31.4 Å². The number of amides is 1. The van der Waals surface area contributed by atoms with Crippen LogP contribution in [0.15, 0.2) is 12.3 Å². The van der Waals surface area contributed by atoms with E-state index >= 15 is 0 Å². The number of anilines is 1. The Bertz CT molecular complexity index is 784. The summed E-state index contributed by atoms with van der Waals surface area (Å²) in [5, 5.41) is 21.0. The summed E-state index contributed by atoms with van der Waals surface area (Å²) in [5.74, 6) is -1.36. The maximum absolute atomic E-state index is 14.4. The van der Waals surface area contributed by atoms with Crippen LogP contribution in [0.2, 0.25) is 0 Å². The van der Waals surface area contributed by atoms with E-state index in [1.165, 1.54) is 20.3 Å². The topological polar surface area (TPSA) is 135 Å². The summed E-state index contributed by atoms with van der Waals surface area (Å²) in [6.07, 6.45) is 1.39. The van der Waals surface area contributed by atoms with Crippen LogP contribution < -0.4 is 10.0 Å². The van der Waals surface area contributed by atoms with Crippen molar-refractivity contribution >= 4 is 22.1 Å². The molecule has 4 N–H and O–H groups in total. The van der Waals surface area contributed by atoms with Gasteiger partial charge in [0.05, 0.1) is 12.1 Å². The predicted molar refractivity (Wildman–Crippen MR) is 101 cm³/mol. The minimum absolute atomic E-state index is 0.296. The van der Waals surface area contributed by atoms with E-state index in [9.17, 15) is 22.7 Å². The molecule has 0 bridgehead atoms. The molecule has 1 aromatic heterocycles. The summed E-state index contributed by atoms with van der Waals surface area (Å²) in [5.41, 5.74) is 0.296. The number of carbonyl (C=O) groups is 1. The Hall–Kier alpha value is -2.02. The summed E-state index contributed by atoms with van der Waals surface area (Å²) in [6, 6.07) is 0.368. The number of nitrogens with zero attached hydrogens (tertiary/aromatic N) is 3. The van der Waals surface area contributed by atoms with Gasteiger partial charge in [0.15, 0.2) is 11.6 Å². The average Bonchev–Trinajstić information content (AvgIpc) is 2.61. The van der Waals surface area contributed by atoms with Gasteiger partial charge in [-0.25, -0.2) is 14.2 Å². The fourth-order valence-corrected chi connectivity index (χ4v) is 3.43. The van der Waals surface area contributed by atoms with Crippen LogP contribution >= 0.6 is 0 Å². The molecule has 1 aliphatic heterocycles. The normalized spacial score (nSPS) is 17.5. The quantitative estimate of drug-likeness (QED) is 0.484. The van der Waals surface area contributed by atoms with Crippen LogP contribution in [0.25, 0.3) is 0 Å². The monoisotopic (exact) mass is 419 g/mol. The second-order valence-electron chi connectivity index (χ2n) is 6.85. The molecule has 0 radical (unpaired) electrons. The van der Waals surface area contributed by atoms with Crippen molar-refractivity contribution in [3.63, 3.8) is 0 Å². The minimum atomic E-state index is -3.91. The first-order valence-electron chi connectivity index (χ1n) is 8.84. The Morgan fingerprint density at radius 3 is 2.61 bits per heavy atom. The summed E-state index contributed by atoms with van der Waals surface area (Å²) in [7, 11) is -1.33. The first-order chi connectivity index (χ1) is 13.1. The van der Waals surface area contributed by atoms with Gasteiger partial charge in [-0.2, -0.15) is 12.7 Å². The highest BCUT2D eigenvalue weighted by atomic mass is 32.2. The number of aliphatic hydroxyl groups excluding tert-OH is 1. The van der Waals surface area contributed by atoms with E-state index < -0.39 is 34.0 Å². The molecule has 1 atom stereocenters. The number of pyridine rings is 1. The lowest BCUT2D eigenvalue weighted by Gasteiger charge is -2.30. The Morgan fingerprint density at radius 1 is 1.43 bits per heavy atom. The Morgan fingerprint density at radius 2 is 2.07 bits per heavy atom. The summed E-state index contributed by atoms with van der Waals surface area (Å²) < 4.78 is 40.9. The van der Waals surface area contributed by atoms with E-state index in [4.69, 9.17) is 5.11 Å². The van der Waals surface area contributed by atoms with E-state index in [1.807, 2.05) is 4.72 Å². The number of hydrogen-bond acceptors (Lipinski definition) is 6. The second kappa shape index (κ2) is 9.45. The van der Waals surface area contributed by atoms with Crippen molar-refractivity contribution in [1.29, 1.82) is 0 Å². The van der Waals surface area contributed by atoms with Gasteiger partial charge in [0.25, 0.3) is 0 Å². The van der Waals surface area contributed by atoms with E-state index in [2.05, 4.69) is 15.2 Å². The van der Waals surface area contributed by atoms with Crippen molar-refractivity contribution in [2.24, 2.45) is 0 Å². The standard InChI is InChI=1S/C16H26FN5O5S/c1-21(2)28(26,27)20-15-13(17)9-11(10-18-15)14(19-16(24)25)5-8-22-6-3-12(23)4-7-22/h9-10,12,14,19,23H,3-8H2,1-2H3,(H,18,20)(H,24,25). The van der Waals surface area contributed by atoms with Gasteiger partial charge in [0.2, 0.25) is 0 Å². The van der Waals surface area contributed by atoms with Crippen LogP contribution in [0.3, 0.4) is 0 Å². The molecule has 2 heterocycles. The van der Waals surface area contributed by atoms with Crippen molar-refractivity contribution in [3.05, 3.63) is 23.6 Å². The molecule has 0 spiro atoms. The zero-order valence-electron chi connectivity index (χ0n) is 15.8. The van der Waals surface area contributed by atoms with Crippen LogP contribution in [0.4, 0.5) is 15.0 Å². The molecule has 1 fully saturated rings. The maximum Gasteiger partial charge on any atom is 0.405 e. The molecule has 28 heavy (non-hydrogen) atoms. The fraction of sp³-hybridized carbons (Fsp3) is 0.625. The number of carboxylic acid groups (broad SMARTS) is 1.